The van der Waals surface area contributed by atoms with Gasteiger partial charge >= 0.3 is 0 Å². The lowest BCUT2D eigenvalue weighted by molar-refractivity contribution is 0.0948. The van der Waals surface area contributed by atoms with Crippen LogP contribution in [0.3, 0.4) is 0 Å². The molecule has 0 aliphatic heterocycles. The standard InChI is InChI=1S/C15H20O5S/c1-3-5-6-9-13(17)11-8-7-10-14(21(18,19)20)15(11)12(16)4-2/h7-8,10H,3-6,9H2,1-2H3,(H,18,19,20). The van der Waals surface area contributed by atoms with E-state index in [-0.39, 0.29) is 29.8 Å². The maximum atomic E-state index is 12.2. The SMILES string of the molecule is CCCCCC(=O)c1cccc(S(=O)(=O)O)c1C(=O)CC. The lowest BCUT2D eigenvalue weighted by Crippen LogP contribution is -2.14. The maximum absolute atomic E-state index is 12.2. The van der Waals surface area contributed by atoms with Crippen LogP contribution in [0.25, 0.3) is 0 Å². The molecule has 0 aliphatic rings. The van der Waals surface area contributed by atoms with Gasteiger partial charge < -0.3 is 0 Å². The summed E-state index contributed by atoms with van der Waals surface area (Å²) in [5.41, 5.74) is -0.114. The molecule has 1 aromatic carbocycles. The molecule has 21 heavy (non-hydrogen) atoms. The monoisotopic (exact) mass is 312 g/mol. The predicted octanol–water partition coefficient (Wildman–Crippen LogP) is 3.29. The van der Waals surface area contributed by atoms with Crippen LogP contribution < -0.4 is 0 Å². The molecule has 0 fully saturated rings. The van der Waals surface area contributed by atoms with E-state index >= 15 is 0 Å². The van der Waals surface area contributed by atoms with Crippen molar-refractivity contribution in [2.45, 2.75) is 50.8 Å². The molecule has 116 valence electrons. The van der Waals surface area contributed by atoms with Crippen LogP contribution in [0.1, 0.15) is 66.7 Å². The molecule has 0 atom stereocenters. The third-order valence-corrected chi connectivity index (χ3v) is 4.11. The quantitative estimate of drug-likeness (QED) is 0.452. The third kappa shape index (κ3) is 4.47. The molecular formula is C15H20O5S. The Kier molecular flexibility index (Phi) is 6.23. The molecule has 1 aromatic rings. The summed E-state index contributed by atoms with van der Waals surface area (Å²) in [6.45, 7) is 3.59. The fourth-order valence-electron chi connectivity index (χ4n) is 2.11. The summed E-state index contributed by atoms with van der Waals surface area (Å²) in [6.07, 6.45) is 2.85. The number of rotatable bonds is 8. The number of Topliss-reactive ketones (excluding diaryl/α,β-unsaturated/α-hetero) is 2. The third-order valence-electron chi connectivity index (χ3n) is 3.21. The van der Waals surface area contributed by atoms with Crippen LogP contribution in [0, 0.1) is 0 Å². The first kappa shape index (κ1) is 17.5. The summed E-state index contributed by atoms with van der Waals surface area (Å²) in [5.74, 6) is -0.743. The summed E-state index contributed by atoms with van der Waals surface area (Å²) in [6, 6.07) is 3.94. The molecule has 0 aliphatic carbocycles. The molecule has 0 saturated carbocycles. The average molecular weight is 312 g/mol. The van der Waals surface area contributed by atoms with E-state index in [9.17, 15) is 22.6 Å². The van der Waals surface area contributed by atoms with Gasteiger partial charge in [0, 0.05) is 24.0 Å². The van der Waals surface area contributed by atoms with Crippen molar-refractivity contribution >= 4 is 21.7 Å². The summed E-state index contributed by atoms with van der Waals surface area (Å²) in [7, 11) is -4.54. The second-order valence-corrected chi connectivity index (χ2v) is 6.20. The average Bonchev–Trinajstić information content (AvgIpc) is 2.44. The van der Waals surface area contributed by atoms with E-state index in [1.165, 1.54) is 12.1 Å². The Morgan fingerprint density at radius 3 is 2.29 bits per heavy atom. The van der Waals surface area contributed by atoms with Crippen LogP contribution in [0.2, 0.25) is 0 Å². The van der Waals surface area contributed by atoms with Gasteiger partial charge in [-0.05, 0) is 12.5 Å². The van der Waals surface area contributed by atoms with E-state index in [4.69, 9.17) is 0 Å². The van der Waals surface area contributed by atoms with E-state index in [0.717, 1.165) is 18.9 Å². The van der Waals surface area contributed by atoms with E-state index in [0.29, 0.717) is 6.42 Å². The van der Waals surface area contributed by atoms with Crippen molar-refractivity contribution in [2.24, 2.45) is 0 Å². The van der Waals surface area contributed by atoms with Gasteiger partial charge in [-0.1, -0.05) is 38.8 Å². The molecule has 0 saturated heterocycles. The van der Waals surface area contributed by atoms with Crippen molar-refractivity contribution in [2.75, 3.05) is 0 Å². The van der Waals surface area contributed by atoms with Gasteiger partial charge in [0.25, 0.3) is 10.1 Å². The van der Waals surface area contributed by atoms with Crippen LogP contribution in [-0.4, -0.2) is 24.5 Å². The first-order valence-electron chi connectivity index (χ1n) is 6.99. The van der Waals surface area contributed by atoms with Crippen molar-refractivity contribution in [1.29, 1.82) is 0 Å². The van der Waals surface area contributed by atoms with E-state index in [1.54, 1.807) is 6.92 Å². The van der Waals surface area contributed by atoms with Crippen LogP contribution in [0.4, 0.5) is 0 Å². The number of ketones is 2. The highest BCUT2D eigenvalue weighted by atomic mass is 32.2. The molecule has 0 aromatic heterocycles. The highest BCUT2D eigenvalue weighted by Gasteiger charge is 2.25. The smallest absolute Gasteiger partial charge is 0.294 e. The zero-order valence-corrected chi connectivity index (χ0v) is 13.1. The van der Waals surface area contributed by atoms with Crippen molar-refractivity contribution < 1.29 is 22.6 Å². The van der Waals surface area contributed by atoms with Crippen LogP contribution >= 0.6 is 0 Å². The number of carbonyl (C=O) groups excluding carboxylic acids is 2. The Bertz CT molecular complexity index is 631. The molecule has 6 heteroatoms. The maximum Gasteiger partial charge on any atom is 0.295 e. The molecule has 0 amide bonds. The van der Waals surface area contributed by atoms with Gasteiger partial charge in [-0.25, -0.2) is 0 Å². The molecule has 1 rings (SSSR count). The number of benzene rings is 1. The van der Waals surface area contributed by atoms with Crippen LogP contribution in [0.5, 0.6) is 0 Å². The molecule has 0 unspecified atom stereocenters. The zero-order valence-electron chi connectivity index (χ0n) is 12.3. The number of hydrogen-bond donors (Lipinski definition) is 1. The van der Waals surface area contributed by atoms with Crippen molar-refractivity contribution in [3.05, 3.63) is 29.3 Å². The molecule has 0 bridgehead atoms. The summed E-state index contributed by atoms with van der Waals surface area (Å²) >= 11 is 0. The van der Waals surface area contributed by atoms with Gasteiger partial charge in [-0.3, -0.25) is 14.1 Å². The zero-order chi connectivity index (χ0) is 16.0. The van der Waals surface area contributed by atoms with E-state index in [2.05, 4.69) is 0 Å². The molecule has 5 nitrogen and oxygen atoms in total. The van der Waals surface area contributed by atoms with Gasteiger partial charge in [-0.15, -0.1) is 0 Å². The van der Waals surface area contributed by atoms with E-state index in [1.807, 2.05) is 6.92 Å². The predicted molar refractivity (Wildman–Crippen MR) is 79.4 cm³/mol. The van der Waals surface area contributed by atoms with Gasteiger partial charge in [0.2, 0.25) is 0 Å². The molecule has 0 radical (unpaired) electrons. The van der Waals surface area contributed by atoms with Gasteiger partial charge in [0.05, 0.1) is 0 Å². The fourth-order valence-corrected chi connectivity index (χ4v) is 2.85. The second kappa shape index (κ2) is 7.47. The first-order chi connectivity index (χ1) is 9.82. The normalized spacial score (nSPS) is 11.4. The minimum absolute atomic E-state index is 0.0573. The number of unbranched alkanes of at least 4 members (excludes halogenated alkanes) is 2. The van der Waals surface area contributed by atoms with Crippen LogP contribution in [-0.2, 0) is 10.1 Å². The minimum atomic E-state index is -4.54. The van der Waals surface area contributed by atoms with E-state index < -0.39 is 20.8 Å². The second-order valence-electron chi connectivity index (χ2n) is 4.81. The summed E-state index contributed by atoms with van der Waals surface area (Å²) < 4.78 is 32.0. The van der Waals surface area contributed by atoms with Crippen molar-refractivity contribution in [3.63, 3.8) is 0 Å². The first-order valence-corrected chi connectivity index (χ1v) is 8.43. The summed E-state index contributed by atoms with van der Waals surface area (Å²) in [4.78, 5) is 23.7. The van der Waals surface area contributed by atoms with Gasteiger partial charge in [0.15, 0.2) is 11.6 Å². The van der Waals surface area contributed by atoms with Gasteiger partial charge in [-0.2, -0.15) is 8.42 Å². The highest BCUT2D eigenvalue weighted by molar-refractivity contribution is 7.86. The Labute approximate surface area is 125 Å². The Morgan fingerprint density at radius 1 is 1.10 bits per heavy atom. The Balaban J connectivity index is 3.32. The van der Waals surface area contributed by atoms with Crippen molar-refractivity contribution in [1.82, 2.24) is 0 Å². The molecule has 0 heterocycles. The molecule has 1 N–H and O–H groups in total. The molecule has 0 spiro atoms. The lowest BCUT2D eigenvalue weighted by Gasteiger charge is -2.11. The minimum Gasteiger partial charge on any atom is -0.294 e. The molecular weight excluding hydrogens is 292 g/mol. The number of hydrogen-bond acceptors (Lipinski definition) is 4. The fraction of sp³-hybridized carbons (Fsp3) is 0.467. The van der Waals surface area contributed by atoms with Crippen molar-refractivity contribution in [3.8, 4) is 0 Å². The topological polar surface area (TPSA) is 88.5 Å². The Morgan fingerprint density at radius 2 is 1.76 bits per heavy atom. The van der Waals surface area contributed by atoms with Gasteiger partial charge in [0.1, 0.15) is 4.90 Å². The summed E-state index contributed by atoms with van der Waals surface area (Å²) in [5, 5.41) is 0. The number of carbonyl (C=O) groups is 2. The lowest BCUT2D eigenvalue weighted by atomic mass is 9.96. The van der Waals surface area contributed by atoms with Crippen LogP contribution in [0.15, 0.2) is 23.1 Å². The Hall–Kier alpha value is -1.53. The highest BCUT2D eigenvalue weighted by Crippen LogP contribution is 2.23. The largest absolute Gasteiger partial charge is 0.295 e.